The molecule has 3 aromatic carbocycles. The molecule has 0 radical (unpaired) electrons. The van der Waals surface area contributed by atoms with Crippen LogP contribution in [0.15, 0.2) is 66.7 Å². The Hall–Kier alpha value is -3.51. The van der Waals surface area contributed by atoms with Crippen molar-refractivity contribution in [3.05, 3.63) is 94.5 Å². The summed E-state index contributed by atoms with van der Waals surface area (Å²) in [5, 5.41) is 7.61. The van der Waals surface area contributed by atoms with Crippen molar-refractivity contribution < 1.29 is 9.18 Å². The molecule has 0 fully saturated rings. The minimum atomic E-state index is -0.490. The number of rotatable bonds is 4. The van der Waals surface area contributed by atoms with Crippen LogP contribution in [0.4, 0.5) is 10.1 Å². The highest BCUT2D eigenvalue weighted by molar-refractivity contribution is 6.33. The number of amides is 1. The first kappa shape index (κ1) is 19.8. The quantitative estimate of drug-likeness (QED) is 0.467. The average molecular weight is 421 g/mol. The molecule has 4 rings (SSSR count). The summed E-state index contributed by atoms with van der Waals surface area (Å²) in [6.07, 6.45) is 0. The van der Waals surface area contributed by atoms with Gasteiger partial charge in [0.15, 0.2) is 5.82 Å². The molecular formula is C23H18ClFN4O. The first-order chi connectivity index (χ1) is 14.4. The maximum absolute atomic E-state index is 13.4. The van der Waals surface area contributed by atoms with E-state index in [2.05, 4.69) is 15.4 Å². The normalized spacial score (nSPS) is 10.8. The van der Waals surface area contributed by atoms with Crippen LogP contribution < -0.4 is 5.32 Å². The standard InChI is InChI=1S/C23H18ClFN4O/c1-14-6-5-9-20(15(14)2)29-22(16-10-12-17(25)13-11-16)27-21(28-29)23(30)26-19-8-4-3-7-18(19)24/h3-13H,1-2H3,(H,26,30). The largest absolute Gasteiger partial charge is 0.318 e. The summed E-state index contributed by atoms with van der Waals surface area (Å²) in [5.41, 5.74) is 3.98. The first-order valence-corrected chi connectivity index (χ1v) is 9.67. The molecule has 7 heteroatoms. The molecule has 4 aromatic rings. The van der Waals surface area contributed by atoms with Crippen LogP contribution in [0.25, 0.3) is 17.1 Å². The zero-order valence-corrected chi connectivity index (χ0v) is 17.1. The summed E-state index contributed by atoms with van der Waals surface area (Å²) in [5.74, 6) is -0.424. The number of aryl methyl sites for hydroxylation is 1. The van der Waals surface area contributed by atoms with Crippen LogP contribution >= 0.6 is 11.6 Å². The number of carbonyl (C=O) groups is 1. The average Bonchev–Trinajstić information content (AvgIpc) is 3.17. The monoisotopic (exact) mass is 420 g/mol. The van der Waals surface area contributed by atoms with E-state index in [1.165, 1.54) is 12.1 Å². The van der Waals surface area contributed by atoms with E-state index in [0.717, 1.165) is 16.8 Å². The van der Waals surface area contributed by atoms with Gasteiger partial charge in [-0.15, -0.1) is 5.10 Å². The Balaban J connectivity index is 1.81. The minimum Gasteiger partial charge on any atom is -0.318 e. The molecule has 0 unspecified atom stereocenters. The summed E-state index contributed by atoms with van der Waals surface area (Å²) in [6, 6.07) is 18.7. The SMILES string of the molecule is Cc1cccc(-n2nc(C(=O)Nc3ccccc3Cl)nc2-c2ccc(F)cc2)c1C. The zero-order valence-electron chi connectivity index (χ0n) is 16.4. The second-order valence-electron chi connectivity index (χ2n) is 6.83. The van der Waals surface area contributed by atoms with Gasteiger partial charge in [-0.05, 0) is 67.4 Å². The Morgan fingerprint density at radius 2 is 1.73 bits per heavy atom. The lowest BCUT2D eigenvalue weighted by molar-refractivity contribution is 0.101. The molecule has 0 saturated carbocycles. The van der Waals surface area contributed by atoms with Gasteiger partial charge in [0.1, 0.15) is 5.82 Å². The molecule has 0 atom stereocenters. The Morgan fingerprint density at radius 1 is 1.00 bits per heavy atom. The van der Waals surface area contributed by atoms with E-state index < -0.39 is 5.91 Å². The molecule has 1 N–H and O–H groups in total. The molecular weight excluding hydrogens is 403 g/mol. The van der Waals surface area contributed by atoms with Crippen LogP contribution in [-0.2, 0) is 0 Å². The molecule has 1 aromatic heterocycles. The number of para-hydroxylation sites is 1. The topological polar surface area (TPSA) is 59.8 Å². The van der Waals surface area contributed by atoms with E-state index >= 15 is 0 Å². The van der Waals surface area contributed by atoms with Crippen molar-refractivity contribution in [3.8, 4) is 17.1 Å². The molecule has 0 aliphatic carbocycles. The second-order valence-corrected chi connectivity index (χ2v) is 7.24. The number of hydrogen-bond acceptors (Lipinski definition) is 3. The van der Waals surface area contributed by atoms with E-state index in [1.54, 1.807) is 41.1 Å². The Bertz CT molecular complexity index is 1230. The van der Waals surface area contributed by atoms with Crippen LogP contribution in [0.3, 0.4) is 0 Å². The predicted octanol–water partition coefficient (Wildman–Crippen LogP) is 5.60. The number of anilines is 1. The van der Waals surface area contributed by atoms with Gasteiger partial charge in [-0.3, -0.25) is 4.79 Å². The van der Waals surface area contributed by atoms with Crippen molar-refractivity contribution in [1.82, 2.24) is 14.8 Å². The van der Waals surface area contributed by atoms with E-state index in [1.807, 2.05) is 32.0 Å². The molecule has 1 amide bonds. The molecule has 0 saturated heterocycles. The maximum atomic E-state index is 13.4. The van der Waals surface area contributed by atoms with Crippen molar-refractivity contribution in [2.45, 2.75) is 13.8 Å². The summed E-state index contributed by atoms with van der Waals surface area (Å²) in [6.45, 7) is 3.97. The lowest BCUT2D eigenvalue weighted by Crippen LogP contribution is -2.14. The maximum Gasteiger partial charge on any atom is 0.295 e. The van der Waals surface area contributed by atoms with E-state index in [4.69, 9.17) is 11.6 Å². The van der Waals surface area contributed by atoms with Crippen molar-refractivity contribution >= 4 is 23.2 Å². The molecule has 30 heavy (non-hydrogen) atoms. The Kier molecular flexibility index (Phi) is 5.33. The van der Waals surface area contributed by atoms with Crippen LogP contribution in [0.5, 0.6) is 0 Å². The van der Waals surface area contributed by atoms with Crippen LogP contribution in [0, 0.1) is 19.7 Å². The molecule has 5 nitrogen and oxygen atoms in total. The molecule has 0 aliphatic heterocycles. The number of carbonyl (C=O) groups excluding carboxylic acids is 1. The number of nitrogens with zero attached hydrogens (tertiary/aromatic N) is 3. The van der Waals surface area contributed by atoms with Gasteiger partial charge >= 0.3 is 0 Å². The third-order valence-corrected chi connectivity index (χ3v) is 5.17. The van der Waals surface area contributed by atoms with E-state index in [-0.39, 0.29) is 11.6 Å². The van der Waals surface area contributed by atoms with E-state index in [9.17, 15) is 9.18 Å². The Morgan fingerprint density at radius 3 is 2.47 bits per heavy atom. The Labute approximate surface area is 178 Å². The third kappa shape index (κ3) is 3.82. The van der Waals surface area contributed by atoms with Crippen molar-refractivity contribution in [3.63, 3.8) is 0 Å². The van der Waals surface area contributed by atoms with Crippen LogP contribution in [0.2, 0.25) is 5.02 Å². The summed E-state index contributed by atoms with van der Waals surface area (Å²) >= 11 is 6.14. The zero-order chi connectivity index (χ0) is 21.3. The van der Waals surface area contributed by atoms with Gasteiger partial charge in [0.05, 0.1) is 16.4 Å². The number of aromatic nitrogens is 3. The van der Waals surface area contributed by atoms with Crippen LogP contribution in [0.1, 0.15) is 21.7 Å². The van der Waals surface area contributed by atoms with Gasteiger partial charge in [0.2, 0.25) is 5.82 Å². The molecule has 1 heterocycles. The van der Waals surface area contributed by atoms with Gasteiger partial charge in [-0.1, -0.05) is 35.9 Å². The third-order valence-electron chi connectivity index (χ3n) is 4.84. The number of halogens is 2. The summed E-state index contributed by atoms with van der Waals surface area (Å²) in [4.78, 5) is 17.3. The summed E-state index contributed by atoms with van der Waals surface area (Å²) < 4.78 is 15.0. The van der Waals surface area contributed by atoms with Crippen molar-refractivity contribution in [2.24, 2.45) is 0 Å². The fourth-order valence-corrected chi connectivity index (χ4v) is 3.25. The number of nitrogens with one attached hydrogen (secondary N) is 1. The van der Waals surface area contributed by atoms with Gasteiger partial charge in [0, 0.05) is 5.56 Å². The predicted molar refractivity (Wildman–Crippen MR) is 116 cm³/mol. The van der Waals surface area contributed by atoms with Gasteiger partial charge < -0.3 is 5.32 Å². The first-order valence-electron chi connectivity index (χ1n) is 9.29. The smallest absolute Gasteiger partial charge is 0.295 e. The highest BCUT2D eigenvalue weighted by Crippen LogP contribution is 2.26. The number of hydrogen-bond donors (Lipinski definition) is 1. The lowest BCUT2D eigenvalue weighted by atomic mass is 10.1. The fourth-order valence-electron chi connectivity index (χ4n) is 3.07. The fraction of sp³-hybridized carbons (Fsp3) is 0.0870. The van der Waals surface area contributed by atoms with Crippen LogP contribution in [-0.4, -0.2) is 20.7 Å². The highest BCUT2D eigenvalue weighted by atomic mass is 35.5. The van der Waals surface area contributed by atoms with Gasteiger partial charge in [-0.25, -0.2) is 14.1 Å². The van der Waals surface area contributed by atoms with E-state index in [0.29, 0.717) is 22.1 Å². The van der Waals surface area contributed by atoms with Gasteiger partial charge in [-0.2, -0.15) is 0 Å². The number of benzene rings is 3. The van der Waals surface area contributed by atoms with Gasteiger partial charge in [0.25, 0.3) is 5.91 Å². The lowest BCUT2D eigenvalue weighted by Gasteiger charge is -2.11. The molecule has 0 bridgehead atoms. The van der Waals surface area contributed by atoms with Crippen molar-refractivity contribution in [2.75, 3.05) is 5.32 Å². The molecule has 150 valence electrons. The molecule has 0 aliphatic rings. The molecule has 0 spiro atoms. The second kappa shape index (κ2) is 8.08. The van der Waals surface area contributed by atoms with Crippen molar-refractivity contribution in [1.29, 1.82) is 0 Å². The summed E-state index contributed by atoms with van der Waals surface area (Å²) in [7, 11) is 0. The minimum absolute atomic E-state index is 0.0184. The highest BCUT2D eigenvalue weighted by Gasteiger charge is 2.20.